The zero-order chi connectivity index (χ0) is 22.5. The lowest BCUT2D eigenvalue weighted by Gasteiger charge is -2.17. The number of aryl methyl sites for hydroxylation is 1. The maximum absolute atomic E-state index is 13.2. The van der Waals surface area contributed by atoms with Gasteiger partial charge in [0.05, 0.1) is 40.2 Å². The molecule has 162 valence electrons. The number of amides is 2. The van der Waals surface area contributed by atoms with Gasteiger partial charge >= 0.3 is 0 Å². The quantitative estimate of drug-likeness (QED) is 0.551. The number of aromatic nitrogens is 2. The third kappa shape index (κ3) is 6.04. The van der Waals surface area contributed by atoms with Crippen LogP contribution in [0.25, 0.3) is 5.69 Å². The predicted octanol–water partition coefficient (Wildman–Crippen LogP) is 4.14. The van der Waals surface area contributed by atoms with Gasteiger partial charge in [-0.1, -0.05) is 29.3 Å². The fourth-order valence-corrected chi connectivity index (χ4v) is 3.38. The Labute approximate surface area is 188 Å². The molecule has 3 rings (SSSR count). The fourth-order valence-electron chi connectivity index (χ4n) is 2.89. The first-order valence-corrected chi connectivity index (χ1v) is 10.0. The lowest BCUT2D eigenvalue weighted by Crippen LogP contribution is -2.36. The van der Waals surface area contributed by atoms with Gasteiger partial charge in [-0.3, -0.25) is 14.5 Å². The minimum Gasteiger partial charge on any atom is -0.322 e. The van der Waals surface area contributed by atoms with Gasteiger partial charge < -0.3 is 10.6 Å². The van der Waals surface area contributed by atoms with Crippen molar-refractivity contribution >= 4 is 46.5 Å². The van der Waals surface area contributed by atoms with Gasteiger partial charge in [0.25, 0.3) is 0 Å². The summed E-state index contributed by atoms with van der Waals surface area (Å²) in [5.41, 5.74) is 1.62. The summed E-state index contributed by atoms with van der Waals surface area (Å²) in [5, 5.41) is 10.4. The third-order valence-corrected chi connectivity index (χ3v) is 4.85. The second-order valence-electron chi connectivity index (χ2n) is 6.92. The van der Waals surface area contributed by atoms with Crippen LogP contribution in [-0.2, 0) is 9.59 Å². The average Bonchev–Trinajstić information content (AvgIpc) is 3.05. The van der Waals surface area contributed by atoms with Crippen LogP contribution in [0, 0.1) is 12.7 Å². The zero-order valence-corrected chi connectivity index (χ0v) is 18.3. The van der Waals surface area contributed by atoms with E-state index in [0.717, 1.165) is 0 Å². The highest BCUT2D eigenvalue weighted by atomic mass is 35.5. The number of anilines is 2. The molecule has 2 aromatic carbocycles. The van der Waals surface area contributed by atoms with E-state index in [2.05, 4.69) is 15.7 Å². The molecule has 2 N–H and O–H groups in total. The molecule has 1 heterocycles. The molecular formula is C21H20Cl2FN5O2. The van der Waals surface area contributed by atoms with Gasteiger partial charge in [-0.05, 0) is 50.4 Å². The van der Waals surface area contributed by atoms with Crippen LogP contribution < -0.4 is 10.6 Å². The standard InChI is InChI=1S/C21H20Cl2FN5O2/c1-13-10-18(29(27-13)15-8-6-14(24)7-9-15)25-19(30)11-28(2)12-20(31)26-21-16(22)4-3-5-17(21)23/h3-10H,11-12H2,1-2H3,(H,25,30)(H,26,31). The molecule has 0 aliphatic rings. The van der Waals surface area contributed by atoms with Gasteiger partial charge in [0, 0.05) is 6.07 Å². The number of nitrogens with zero attached hydrogens (tertiary/aromatic N) is 3. The van der Waals surface area contributed by atoms with Gasteiger partial charge in [0.2, 0.25) is 11.8 Å². The van der Waals surface area contributed by atoms with E-state index in [1.807, 2.05) is 0 Å². The van der Waals surface area contributed by atoms with Crippen molar-refractivity contribution in [2.45, 2.75) is 6.92 Å². The second kappa shape index (κ2) is 9.91. The Morgan fingerprint density at radius 2 is 1.61 bits per heavy atom. The number of likely N-dealkylation sites (N-methyl/N-ethyl adjacent to an activating group) is 1. The molecule has 0 fully saturated rings. The first-order valence-electron chi connectivity index (χ1n) is 9.28. The van der Waals surface area contributed by atoms with E-state index in [1.165, 1.54) is 16.8 Å². The van der Waals surface area contributed by atoms with E-state index < -0.39 is 0 Å². The largest absolute Gasteiger partial charge is 0.322 e. The summed E-state index contributed by atoms with van der Waals surface area (Å²) in [4.78, 5) is 26.3. The van der Waals surface area contributed by atoms with Crippen molar-refractivity contribution in [3.63, 3.8) is 0 Å². The fraction of sp³-hybridized carbons (Fsp3) is 0.190. The number of nitrogens with one attached hydrogen (secondary N) is 2. The molecule has 2 amide bonds. The summed E-state index contributed by atoms with van der Waals surface area (Å²) in [5.74, 6) is -0.627. The van der Waals surface area contributed by atoms with E-state index in [0.29, 0.717) is 32.9 Å². The third-order valence-electron chi connectivity index (χ3n) is 4.22. The lowest BCUT2D eigenvalue weighted by molar-refractivity contribution is -0.119. The Morgan fingerprint density at radius 1 is 1.03 bits per heavy atom. The molecule has 0 bridgehead atoms. The van der Waals surface area contributed by atoms with Crippen molar-refractivity contribution in [2.75, 3.05) is 30.8 Å². The summed E-state index contributed by atoms with van der Waals surface area (Å²) >= 11 is 12.1. The van der Waals surface area contributed by atoms with E-state index in [4.69, 9.17) is 23.2 Å². The molecular weight excluding hydrogens is 444 g/mol. The number of halogens is 3. The van der Waals surface area contributed by atoms with Crippen LogP contribution in [0.15, 0.2) is 48.5 Å². The molecule has 1 aromatic heterocycles. The van der Waals surface area contributed by atoms with Crippen LogP contribution in [-0.4, -0.2) is 46.6 Å². The number of carbonyl (C=O) groups is 2. The van der Waals surface area contributed by atoms with E-state index in [9.17, 15) is 14.0 Å². The summed E-state index contributed by atoms with van der Waals surface area (Å²) in [6.45, 7) is 1.69. The summed E-state index contributed by atoms with van der Waals surface area (Å²) in [7, 11) is 1.63. The smallest absolute Gasteiger partial charge is 0.239 e. The molecule has 31 heavy (non-hydrogen) atoms. The van der Waals surface area contributed by atoms with E-state index >= 15 is 0 Å². The van der Waals surface area contributed by atoms with Crippen molar-refractivity contribution in [1.82, 2.24) is 14.7 Å². The number of hydrogen-bond donors (Lipinski definition) is 2. The zero-order valence-electron chi connectivity index (χ0n) is 16.8. The van der Waals surface area contributed by atoms with Crippen LogP contribution in [0.3, 0.4) is 0 Å². The topological polar surface area (TPSA) is 79.3 Å². The number of benzene rings is 2. The summed E-state index contributed by atoms with van der Waals surface area (Å²) in [6.07, 6.45) is 0. The van der Waals surface area contributed by atoms with Crippen molar-refractivity contribution in [3.8, 4) is 5.69 Å². The number of carbonyl (C=O) groups excluding carboxylic acids is 2. The van der Waals surface area contributed by atoms with Crippen LogP contribution in [0.2, 0.25) is 10.0 Å². The summed E-state index contributed by atoms with van der Waals surface area (Å²) in [6, 6.07) is 12.4. The van der Waals surface area contributed by atoms with E-state index in [1.54, 1.807) is 55.3 Å². The Bertz CT molecular complexity index is 1080. The molecule has 0 saturated heterocycles. The van der Waals surface area contributed by atoms with E-state index in [-0.39, 0.29) is 30.7 Å². The number of hydrogen-bond acceptors (Lipinski definition) is 4. The minimum absolute atomic E-state index is 0.0443. The molecule has 0 spiro atoms. The van der Waals surface area contributed by atoms with Gasteiger partial charge in [-0.25, -0.2) is 9.07 Å². The molecule has 0 aliphatic heterocycles. The number of rotatable bonds is 7. The van der Waals surface area contributed by atoms with Crippen molar-refractivity contribution in [1.29, 1.82) is 0 Å². The molecule has 0 aliphatic carbocycles. The minimum atomic E-state index is -0.365. The monoisotopic (exact) mass is 463 g/mol. The van der Waals surface area contributed by atoms with Crippen molar-refractivity contribution in [2.24, 2.45) is 0 Å². The second-order valence-corrected chi connectivity index (χ2v) is 7.74. The SMILES string of the molecule is Cc1cc(NC(=O)CN(C)CC(=O)Nc2c(Cl)cccc2Cl)n(-c2ccc(F)cc2)n1. The van der Waals surface area contributed by atoms with Gasteiger partial charge in [0.1, 0.15) is 11.6 Å². The van der Waals surface area contributed by atoms with Gasteiger partial charge in [0.15, 0.2) is 0 Å². The maximum atomic E-state index is 13.2. The first kappa shape index (κ1) is 22.7. The molecule has 3 aromatic rings. The summed E-state index contributed by atoms with van der Waals surface area (Å²) < 4.78 is 14.7. The molecule has 10 heteroatoms. The Kier molecular flexibility index (Phi) is 7.27. The van der Waals surface area contributed by atoms with Gasteiger partial charge in [-0.2, -0.15) is 5.10 Å². The molecule has 0 radical (unpaired) electrons. The number of para-hydroxylation sites is 1. The maximum Gasteiger partial charge on any atom is 0.239 e. The Hall–Kier alpha value is -2.94. The molecule has 0 saturated carbocycles. The predicted molar refractivity (Wildman–Crippen MR) is 119 cm³/mol. The highest BCUT2D eigenvalue weighted by Crippen LogP contribution is 2.29. The molecule has 7 nitrogen and oxygen atoms in total. The Morgan fingerprint density at radius 3 is 2.23 bits per heavy atom. The van der Waals surface area contributed by atoms with Gasteiger partial charge in [-0.15, -0.1) is 0 Å². The average molecular weight is 464 g/mol. The Balaban J connectivity index is 1.60. The lowest BCUT2D eigenvalue weighted by atomic mass is 10.3. The highest BCUT2D eigenvalue weighted by molar-refractivity contribution is 6.39. The van der Waals surface area contributed by atoms with Crippen molar-refractivity contribution < 1.29 is 14.0 Å². The van der Waals surface area contributed by atoms with Crippen molar-refractivity contribution in [3.05, 3.63) is 70.1 Å². The first-order chi connectivity index (χ1) is 14.7. The van der Waals surface area contributed by atoms with Crippen LogP contribution in [0.5, 0.6) is 0 Å². The van der Waals surface area contributed by atoms with Crippen LogP contribution in [0.4, 0.5) is 15.9 Å². The molecule has 0 unspecified atom stereocenters. The normalized spacial score (nSPS) is 10.9. The highest BCUT2D eigenvalue weighted by Gasteiger charge is 2.16. The molecule has 0 atom stereocenters. The van der Waals surface area contributed by atoms with Crippen LogP contribution in [0.1, 0.15) is 5.69 Å². The van der Waals surface area contributed by atoms with Crippen LogP contribution >= 0.6 is 23.2 Å².